The van der Waals surface area contributed by atoms with Crippen LogP contribution in [0.1, 0.15) is 104 Å². The van der Waals surface area contributed by atoms with E-state index in [4.69, 9.17) is 28.9 Å². The molecule has 8 atom stereocenters. The van der Waals surface area contributed by atoms with E-state index in [0.29, 0.717) is 50.5 Å². The monoisotopic (exact) mass is 951 g/mol. The first kappa shape index (κ1) is 53.8. The van der Waals surface area contributed by atoms with Gasteiger partial charge in [0.15, 0.2) is 11.4 Å². The number of esters is 1. The van der Waals surface area contributed by atoms with Gasteiger partial charge >= 0.3 is 11.8 Å². The molecule has 3 aliphatic rings. The molecule has 3 aliphatic heterocycles. The number of phenolic OH excluding ortho intramolecular Hbond substituents is 2. The van der Waals surface area contributed by atoms with E-state index in [2.05, 4.69) is 29.4 Å². The van der Waals surface area contributed by atoms with Crippen LogP contribution in [0.15, 0.2) is 34.0 Å². The van der Waals surface area contributed by atoms with Gasteiger partial charge in [-0.25, -0.2) is 0 Å². The lowest BCUT2D eigenvalue weighted by molar-refractivity contribution is -0.163. The molecule has 2 aromatic rings. The Balaban J connectivity index is 1.49. The van der Waals surface area contributed by atoms with Crippen LogP contribution in [0.4, 0.5) is 5.69 Å². The molecular weight excluding hydrogens is 877 g/mol. The third-order valence-electron chi connectivity index (χ3n) is 13.6. The Labute approximate surface area is 399 Å². The second kappa shape index (κ2) is 22.1. The van der Waals surface area contributed by atoms with Crippen molar-refractivity contribution in [3.8, 4) is 17.2 Å². The zero-order chi connectivity index (χ0) is 50.6. The zero-order valence-corrected chi connectivity index (χ0v) is 42.1. The third kappa shape index (κ3) is 11.5. The summed E-state index contributed by atoms with van der Waals surface area (Å²) < 4.78 is 24.3. The highest BCUT2D eigenvalue weighted by molar-refractivity contribution is 6.19. The topological polar surface area (TPSA) is 241 Å². The van der Waals surface area contributed by atoms with Crippen molar-refractivity contribution in [3.63, 3.8) is 0 Å². The van der Waals surface area contributed by atoms with Gasteiger partial charge in [0, 0.05) is 100 Å². The molecule has 18 heteroatoms. The highest BCUT2D eigenvalue weighted by Gasteiger charge is 2.50. The number of ether oxygens (including phenoxy) is 4. The molecule has 1 spiro atoms. The molecule has 2 aromatic carbocycles. The average molecular weight is 951 g/mol. The summed E-state index contributed by atoms with van der Waals surface area (Å²) in [6, 6.07) is 0. The van der Waals surface area contributed by atoms with Gasteiger partial charge in [-0.3, -0.25) is 29.2 Å². The van der Waals surface area contributed by atoms with Crippen LogP contribution in [0, 0.1) is 30.6 Å². The lowest BCUT2D eigenvalue weighted by Crippen LogP contribution is -2.45. The fourth-order valence-corrected chi connectivity index (χ4v) is 9.11. The van der Waals surface area contributed by atoms with Crippen molar-refractivity contribution < 1.29 is 58.6 Å². The van der Waals surface area contributed by atoms with E-state index >= 15 is 0 Å². The van der Waals surface area contributed by atoms with Crippen molar-refractivity contribution in [2.75, 3.05) is 59.2 Å². The Morgan fingerprint density at radius 1 is 0.956 bits per heavy atom. The van der Waals surface area contributed by atoms with E-state index in [1.807, 2.05) is 19.0 Å². The Hall–Kier alpha value is -5.14. The van der Waals surface area contributed by atoms with Crippen molar-refractivity contribution in [1.82, 2.24) is 15.1 Å². The van der Waals surface area contributed by atoms with E-state index in [0.717, 1.165) is 6.54 Å². The first-order valence-electron chi connectivity index (χ1n) is 23.7. The van der Waals surface area contributed by atoms with Gasteiger partial charge in [0.05, 0.1) is 47.3 Å². The molecule has 0 radical (unpaired) electrons. The van der Waals surface area contributed by atoms with E-state index < -0.39 is 77.0 Å². The number of anilines is 1. The number of fused-ring (bicyclic) bond motifs is 5. The number of hydrogen-bond donors (Lipinski definition) is 6. The summed E-state index contributed by atoms with van der Waals surface area (Å²) in [5.74, 6) is -6.43. The number of ketones is 1. The summed E-state index contributed by atoms with van der Waals surface area (Å²) >= 11 is 0. The maximum absolute atomic E-state index is 14.8. The number of benzene rings is 2. The van der Waals surface area contributed by atoms with E-state index in [1.54, 1.807) is 54.5 Å². The summed E-state index contributed by atoms with van der Waals surface area (Å²) in [6.07, 6.45) is 1.37. The normalized spacial score (nSPS) is 21.1. The summed E-state index contributed by atoms with van der Waals surface area (Å²) in [7, 11) is 5.20. The number of carbonyl (C=O) groups excluding carboxylic acids is 4. The molecule has 0 aromatic heterocycles. The molecule has 0 aliphatic carbocycles. The van der Waals surface area contributed by atoms with Gasteiger partial charge in [-0.05, 0) is 53.8 Å². The fourth-order valence-electron chi connectivity index (χ4n) is 9.11. The molecule has 68 heavy (non-hydrogen) atoms. The Morgan fingerprint density at radius 2 is 1.60 bits per heavy atom. The Morgan fingerprint density at radius 3 is 2.19 bits per heavy atom. The number of Topliss-reactive ketones (excluding diaryl/α,β-unsaturated/α-hetero) is 1. The highest BCUT2D eigenvalue weighted by atomic mass is 16.7. The van der Waals surface area contributed by atoms with Crippen molar-refractivity contribution in [3.05, 3.63) is 45.8 Å². The first-order valence-corrected chi connectivity index (χ1v) is 23.7. The third-order valence-corrected chi connectivity index (χ3v) is 13.6. The van der Waals surface area contributed by atoms with Crippen LogP contribution in [0.3, 0.4) is 0 Å². The minimum Gasteiger partial charge on any atom is -0.507 e. The number of amides is 2. The minimum absolute atomic E-state index is 0.0126. The molecular formula is C50H74N6O12. The van der Waals surface area contributed by atoms with Gasteiger partial charge in [0.1, 0.15) is 28.6 Å². The number of likely N-dealkylation sites (N-methyl/N-ethyl adjacent to an activating group) is 1. The van der Waals surface area contributed by atoms with Gasteiger partial charge in [-0.2, -0.15) is 0 Å². The number of piperidine rings is 1. The number of likely N-dealkylation sites (tertiary alicyclic amines) is 1. The molecule has 1 saturated heterocycles. The molecule has 0 bridgehead atoms. The summed E-state index contributed by atoms with van der Waals surface area (Å²) in [4.78, 5) is 68.5. The van der Waals surface area contributed by atoms with E-state index in [-0.39, 0.29) is 68.5 Å². The van der Waals surface area contributed by atoms with Crippen molar-refractivity contribution in [1.29, 1.82) is 0 Å². The minimum atomic E-state index is -2.00. The maximum Gasteiger partial charge on any atom is 0.312 e. The lowest BCUT2D eigenvalue weighted by Gasteiger charge is -2.37. The van der Waals surface area contributed by atoms with Crippen molar-refractivity contribution in [2.24, 2.45) is 33.7 Å². The lowest BCUT2D eigenvalue weighted by atomic mass is 9.80. The molecule has 18 nitrogen and oxygen atoms in total. The number of nitrogens with zero attached hydrogens (tertiary/aromatic N) is 4. The molecule has 0 saturated carbocycles. The van der Waals surface area contributed by atoms with Gasteiger partial charge in [-0.15, -0.1) is 0 Å². The predicted octanol–water partition coefficient (Wildman–Crippen LogP) is 4.02. The SMILES string of the molecule is C/C=C(/C)C(=O)Nc1c(O)c2c(O)c(C)c3c(c2c2c1=NC1(CCN(CC(C)C)CC1)N=2)C(=O)[C@@](C)(O/C=C/[C@H](OC)[C@@H](C)[C@@H](OC(=O)CCC(=O)NCCN(C)C)[C@H](C)[C@H](O)[C@H](C)[C@H](C)O)O3. The number of hydrogen-bond acceptors (Lipinski definition) is 16. The number of carbonyl (C=O) groups is 4. The quantitative estimate of drug-likeness (QED) is 0.0449. The maximum atomic E-state index is 14.8. The van der Waals surface area contributed by atoms with Crippen LogP contribution in [0.5, 0.6) is 17.2 Å². The van der Waals surface area contributed by atoms with Gasteiger partial charge in [0.2, 0.25) is 5.91 Å². The average Bonchev–Trinajstić information content (AvgIpc) is 3.79. The number of phenols is 2. The number of aliphatic hydroxyl groups excluding tert-OH is 2. The molecule has 6 N–H and O–H groups in total. The Kier molecular flexibility index (Phi) is 17.5. The first-order chi connectivity index (χ1) is 31.9. The number of allylic oxidation sites excluding steroid dienone is 1. The zero-order valence-electron chi connectivity index (χ0n) is 42.1. The highest BCUT2D eigenvalue weighted by Crippen LogP contribution is 2.50. The Bertz CT molecular complexity index is 2410. The second-order valence-electron chi connectivity index (χ2n) is 19.6. The van der Waals surface area contributed by atoms with Gasteiger partial charge in [-0.1, -0.05) is 40.7 Å². The van der Waals surface area contributed by atoms with Crippen LogP contribution in [0.2, 0.25) is 0 Å². The second-order valence-corrected chi connectivity index (χ2v) is 19.6. The molecule has 0 unspecified atom stereocenters. The van der Waals surface area contributed by atoms with Gasteiger partial charge < -0.3 is 59.8 Å². The summed E-state index contributed by atoms with van der Waals surface area (Å²) in [6.45, 7) is 20.7. The standard InChI is InChI=1S/C50H74N6O12/c1-14-27(4)48(64)52-41-40-39(53-50(54-40)18-21-56(22-19-50)25-26(2)3)36-37(44(41)62)43(61)31(8)46-38(36)47(63)49(10,68-46)66-24-17-33(65-13)29(6)45(30(7)42(60)28(5)32(9)57)67-35(59)16-15-34(58)51-20-23-55(11)12/h14,17,24,26,28-30,32-33,42,45,57,60-62H,15-16,18-23,25H2,1-13H3,(H,51,58)(H,52,64)/b24-17+,27-14-/t28-,29-,30-,32+,33+,42-,45-,49+/m1/s1. The van der Waals surface area contributed by atoms with Crippen LogP contribution >= 0.6 is 0 Å². The van der Waals surface area contributed by atoms with Gasteiger partial charge in [0.25, 0.3) is 11.7 Å². The molecule has 3 heterocycles. The number of aromatic hydroxyl groups is 2. The molecule has 2 amide bonds. The number of methoxy groups -OCH3 is 1. The van der Waals surface area contributed by atoms with Crippen LogP contribution in [0.25, 0.3) is 10.8 Å². The molecule has 1 fully saturated rings. The number of nitrogens with one attached hydrogen (secondary N) is 2. The smallest absolute Gasteiger partial charge is 0.312 e. The van der Waals surface area contributed by atoms with Crippen molar-refractivity contribution >= 4 is 40.0 Å². The fraction of sp³-hybridized carbons (Fsp3) is 0.640. The summed E-state index contributed by atoms with van der Waals surface area (Å²) in [5.41, 5.74) is -0.447. The van der Waals surface area contributed by atoms with Crippen LogP contribution < -0.4 is 26.1 Å². The van der Waals surface area contributed by atoms with E-state index in [9.17, 15) is 39.6 Å². The van der Waals surface area contributed by atoms with Crippen molar-refractivity contribution in [2.45, 2.75) is 131 Å². The molecule has 5 rings (SSSR count). The van der Waals surface area contributed by atoms with Crippen LogP contribution in [-0.2, 0) is 28.6 Å². The largest absolute Gasteiger partial charge is 0.507 e. The molecule has 376 valence electrons. The number of aliphatic hydroxyl groups is 2. The van der Waals surface area contributed by atoms with Crippen LogP contribution in [-0.4, -0.2) is 144 Å². The van der Waals surface area contributed by atoms with E-state index in [1.165, 1.54) is 26.4 Å². The predicted molar refractivity (Wildman–Crippen MR) is 256 cm³/mol. The summed E-state index contributed by atoms with van der Waals surface area (Å²) in [5, 5.41) is 51.5. The number of rotatable bonds is 21.